The van der Waals surface area contributed by atoms with Crippen molar-refractivity contribution in [3.05, 3.63) is 60.4 Å². The summed E-state index contributed by atoms with van der Waals surface area (Å²) in [5.74, 6) is 1.61. The molecule has 0 amide bonds. The van der Waals surface area contributed by atoms with E-state index in [1.54, 1.807) is 0 Å². The van der Waals surface area contributed by atoms with Gasteiger partial charge >= 0.3 is 0 Å². The van der Waals surface area contributed by atoms with E-state index in [9.17, 15) is 0 Å². The number of nitrogens with one attached hydrogen (secondary N) is 2. The minimum Gasteiger partial charge on any atom is -0.366 e. The monoisotopic (exact) mass is 414 g/mol. The number of aryl methyl sites for hydroxylation is 1. The van der Waals surface area contributed by atoms with Crippen LogP contribution < -0.4 is 10.3 Å². The Balaban J connectivity index is 1.33. The fraction of sp³-hybridized carbons (Fsp3) is 0.304. The first-order valence-corrected chi connectivity index (χ1v) is 10.6. The average Bonchev–Trinajstić information content (AvgIpc) is 3.27. The van der Waals surface area contributed by atoms with Crippen LogP contribution in [0.15, 0.2) is 54.6 Å². The highest BCUT2D eigenvalue weighted by Gasteiger charge is 2.23. The Kier molecular flexibility index (Phi) is 5.21. The van der Waals surface area contributed by atoms with E-state index in [4.69, 9.17) is 0 Å². The predicted molar refractivity (Wildman–Crippen MR) is 123 cm³/mol. The van der Waals surface area contributed by atoms with Gasteiger partial charge in [-0.15, -0.1) is 5.10 Å². The Morgan fingerprint density at radius 1 is 1.10 bits per heavy atom. The van der Waals surface area contributed by atoms with Gasteiger partial charge in [0.25, 0.3) is 0 Å². The van der Waals surface area contributed by atoms with Crippen LogP contribution in [0.5, 0.6) is 0 Å². The largest absolute Gasteiger partial charge is 0.366 e. The lowest BCUT2D eigenvalue weighted by Gasteiger charge is -2.40. The molecule has 4 aromatic rings. The van der Waals surface area contributed by atoms with Crippen molar-refractivity contribution in [2.75, 3.05) is 30.5 Å². The Labute approximate surface area is 181 Å². The highest BCUT2D eigenvalue weighted by Crippen LogP contribution is 2.25. The van der Waals surface area contributed by atoms with Gasteiger partial charge in [0.2, 0.25) is 0 Å². The molecule has 0 bridgehead atoms. The molecule has 2 N–H and O–H groups in total. The van der Waals surface area contributed by atoms with Crippen LogP contribution in [0.25, 0.3) is 22.3 Å². The summed E-state index contributed by atoms with van der Waals surface area (Å²) in [5, 5.41) is 19.1. The van der Waals surface area contributed by atoms with Gasteiger partial charge in [-0.2, -0.15) is 0 Å². The van der Waals surface area contributed by atoms with Gasteiger partial charge < -0.3 is 10.3 Å². The van der Waals surface area contributed by atoms with E-state index in [1.807, 2.05) is 37.3 Å². The van der Waals surface area contributed by atoms with Gasteiger partial charge in [-0.1, -0.05) is 29.5 Å². The molecule has 0 aliphatic carbocycles. The number of hydrogen-bond acceptors (Lipinski definition) is 7. The van der Waals surface area contributed by atoms with Crippen molar-refractivity contribution in [1.29, 1.82) is 0 Å². The average molecular weight is 415 g/mol. The first-order chi connectivity index (χ1) is 15.2. The van der Waals surface area contributed by atoms with Crippen molar-refractivity contribution in [3.8, 4) is 11.3 Å². The molecule has 1 unspecified atom stereocenters. The van der Waals surface area contributed by atoms with Crippen molar-refractivity contribution >= 4 is 22.5 Å². The molecule has 1 saturated heterocycles. The normalized spacial score (nSPS) is 17.0. The van der Waals surface area contributed by atoms with E-state index >= 15 is 0 Å². The van der Waals surface area contributed by atoms with Crippen LogP contribution in [-0.4, -0.2) is 56.6 Å². The van der Waals surface area contributed by atoms with E-state index in [-0.39, 0.29) is 0 Å². The number of aromatic nitrogens is 5. The molecule has 31 heavy (non-hydrogen) atoms. The first-order valence-electron chi connectivity index (χ1n) is 10.6. The number of rotatable bonds is 5. The summed E-state index contributed by atoms with van der Waals surface area (Å²) < 4.78 is 0. The molecular weight excluding hydrogens is 388 g/mol. The summed E-state index contributed by atoms with van der Waals surface area (Å²) in [7, 11) is 2.13. The van der Waals surface area contributed by atoms with Crippen molar-refractivity contribution in [2.45, 2.75) is 25.8 Å². The molecular formula is C23H26N8. The second-order valence-corrected chi connectivity index (χ2v) is 7.98. The molecule has 5 rings (SSSR count). The number of H-pyrrole nitrogens is 1. The third-order valence-corrected chi connectivity index (χ3v) is 5.76. The van der Waals surface area contributed by atoms with Crippen LogP contribution in [0.2, 0.25) is 0 Å². The van der Waals surface area contributed by atoms with E-state index in [1.165, 1.54) is 5.69 Å². The standard InChI is InChI=1S/C23H26N8/c1-16-24-21(17-10-11-20-22(13-17)28-29-27-20)14-23(25-16)26-18-7-6-12-31(15-18)30(2)19-8-4-3-5-9-19/h3-5,8-11,13-14,18H,6-7,12,15H2,1-2H3,(H,24,25,26)(H,27,28,29). The van der Waals surface area contributed by atoms with E-state index in [0.717, 1.165) is 59.9 Å². The lowest BCUT2D eigenvalue weighted by Crippen LogP contribution is -2.50. The molecule has 8 heteroatoms. The van der Waals surface area contributed by atoms with Gasteiger partial charge in [0, 0.05) is 37.8 Å². The van der Waals surface area contributed by atoms with Crippen molar-refractivity contribution in [1.82, 2.24) is 30.4 Å². The summed E-state index contributed by atoms with van der Waals surface area (Å²) >= 11 is 0. The van der Waals surface area contributed by atoms with Gasteiger partial charge in [0.05, 0.1) is 16.9 Å². The summed E-state index contributed by atoms with van der Waals surface area (Å²) in [4.78, 5) is 9.29. The molecule has 8 nitrogen and oxygen atoms in total. The molecule has 2 aromatic heterocycles. The zero-order chi connectivity index (χ0) is 21.2. The van der Waals surface area contributed by atoms with Crippen LogP contribution in [-0.2, 0) is 0 Å². The molecule has 0 saturated carbocycles. The lowest BCUT2D eigenvalue weighted by molar-refractivity contribution is 0.208. The van der Waals surface area contributed by atoms with E-state index < -0.39 is 0 Å². The number of nitrogens with zero attached hydrogens (tertiary/aromatic N) is 6. The van der Waals surface area contributed by atoms with Gasteiger partial charge in [0.15, 0.2) is 0 Å². The number of fused-ring (bicyclic) bond motifs is 1. The number of para-hydroxylation sites is 1. The van der Waals surface area contributed by atoms with Crippen LogP contribution in [0.3, 0.4) is 0 Å². The van der Waals surface area contributed by atoms with Gasteiger partial charge in [-0.3, -0.25) is 5.10 Å². The number of benzene rings is 2. The van der Waals surface area contributed by atoms with Gasteiger partial charge in [-0.25, -0.2) is 15.0 Å². The van der Waals surface area contributed by atoms with Gasteiger partial charge in [0.1, 0.15) is 17.2 Å². The third-order valence-electron chi connectivity index (χ3n) is 5.76. The molecule has 1 fully saturated rings. The number of anilines is 2. The summed E-state index contributed by atoms with van der Waals surface area (Å²) in [6.45, 7) is 3.91. The minimum atomic E-state index is 0.321. The van der Waals surface area contributed by atoms with Crippen LogP contribution in [0.4, 0.5) is 11.5 Å². The topological polar surface area (TPSA) is 85.9 Å². The number of piperidine rings is 1. The highest BCUT2D eigenvalue weighted by molar-refractivity contribution is 5.80. The van der Waals surface area contributed by atoms with Crippen molar-refractivity contribution < 1.29 is 0 Å². The van der Waals surface area contributed by atoms with Crippen LogP contribution in [0.1, 0.15) is 18.7 Å². The third kappa shape index (κ3) is 4.20. The maximum atomic E-state index is 4.65. The summed E-state index contributed by atoms with van der Waals surface area (Å²) in [6.07, 6.45) is 2.25. The number of aromatic amines is 1. The SMILES string of the molecule is Cc1nc(NC2CCCN(N(C)c3ccccc3)C2)cc(-c2ccc3nn[nH]c3c2)n1. The highest BCUT2D eigenvalue weighted by atomic mass is 15.6. The Hall–Kier alpha value is -3.52. The zero-order valence-corrected chi connectivity index (χ0v) is 17.8. The fourth-order valence-corrected chi connectivity index (χ4v) is 4.16. The molecule has 2 aromatic carbocycles. The minimum absolute atomic E-state index is 0.321. The Bertz CT molecular complexity index is 1170. The van der Waals surface area contributed by atoms with E-state index in [2.05, 4.69) is 72.0 Å². The van der Waals surface area contributed by atoms with Crippen molar-refractivity contribution in [3.63, 3.8) is 0 Å². The van der Waals surface area contributed by atoms with E-state index in [0.29, 0.717) is 6.04 Å². The first kappa shape index (κ1) is 19.4. The molecule has 158 valence electrons. The Morgan fingerprint density at radius 2 is 1.97 bits per heavy atom. The molecule has 0 radical (unpaired) electrons. The lowest BCUT2D eigenvalue weighted by atomic mass is 10.1. The predicted octanol–water partition coefficient (Wildman–Crippen LogP) is 3.65. The molecule has 0 spiro atoms. The van der Waals surface area contributed by atoms with Gasteiger partial charge in [-0.05, 0) is 44.0 Å². The maximum Gasteiger partial charge on any atom is 0.130 e. The summed E-state index contributed by atoms with van der Waals surface area (Å²) in [5.41, 5.74) is 4.85. The fourth-order valence-electron chi connectivity index (χ4n) is 4.16. The van der Waals surface area contributed by atoms with Crippen molar-refractivity contribution in [2.24, 2.45) is 0 Å². The van der Waals surface area contributed by atoms with Crippen LogP contribution >= 0.6 is 0 Å². The van der Waals surface area contributed by atoms with Crippen LogP contribution in [0, 0.1) is 6.92 Å². The Morgan fingerprint density at radius 3 is 2.84 bits per heavy atom. The maximum absolute atomic E-state index is 4.65. The smallest absolute Gasteiger partial charge is 0.130 e. The molecule has 1 aliphatic heterocycles. The zero-order valence-electron chi connectivity index (χ0n) is 17.8. The molecule has 3 heterocycles. The molecule has 1 atom stereocenters. The second-order valence-electron chi connectivity index (χ2n) is 7.98. The number of hydrazine groups is 1. The number of hydrogen-bond donors (Lipinski definition) is 2. The quantitative estimate of drug-likeness (QED) is 0.515. The second kappa shape index (κ2) is 8.31. The summed E-state index contributed by atoms with van der Waals surface area (Å²) in [6, 6.07) is 18.8. The molecule has 1 aliphatic rings.